The maximum atomic E-state index is 13.2. The molecule has 1 N–H and O–H groups in total. The molecule has 1 aromatic carbocycles. The molecule has 8 heteroatoms. The van der Waals surface area contributed by atoms with E-state index in [4.69, 9.17) is 21.1 Å². The molecule has 4 rings (SSSR count). The topological polar surface area (TPSA) is 72.9 Å². The Balaban J connectivity index is 1.46. The van der Waals surface area contributed by atoms with Crippen molar-refractivity contribution in [3.63, 3.8) is 0 Å². The summed E-state index contributed by atoms with van der Waals surface area (Å²) in [6, 6.07) is 11.8. The van der Waals surface area contributed by atoms with E-state index in [1.807, 2.05) is 6.07 Å². The summed E-state index contributed by atoms with van der Waals surface area (Å²) in [5.74, 6) is 2.00. The number of nitrogens with one attached hydrogen (secondary N) is 1. The van der Waals surface area contributed by atoms with Gasteiger partial charge in [0.2, 0.25) is 5.95 Å². The van der Waals surface area contributed by atoms with Crippen LogP contribution in [0.3, 0.4) is 0 Å². The van der Waals surface area contributed by atoms with Gasteiger partial charge in [0.25, 0.3) is 0 Å². The average molecular weight is 399 g/mol. The summed E-state index contributed by atoms with van der Waals surface area (Å²) in [6.07, 6.45) is 2.92. The van der Waals surface area contributed by atoms with Crippen LogP contribution in [0.2, 0.25) is 5.02 Å². The lowest BCUT2D eigenvalue weighted by Crippen LogP contribution is -1.97. The smallest absolute Gasteiger partial charge is 0.215 e. The van der Waals surface area contributed by atoms with Crippen molar-refractivity contribution in [2.75, 3.05) is 7.11 Å². The molecular formula is C20H16ClFN4O2. The molecule has 3 aromatic heterocycles. The highest BCUT2D eigenvalue weighted by molar-refractivity contribution is 6.32. The van der Waals surface area contributed by atoms with Crippen LogP contribution in [0, 0.1) is 5.95 Å². The fraction of sp³-hybridized carbons (Fsp3) is 0.150. The summed E-state index contributed by atoms with van der Waals surface area (Å²) in [4.78, 5) is 15.6. The maximum absolute atomic E-state index is 13.2. The Kier molecular flexibility index (Phi) is 5.08. The number of aromatic amines is 1. The van der Waals surface area contributed by atoms with E-state index in [9.17, 15) is 4.39 Å². The number of H-pyrrole nitrogens is 1. The van der Waals surface area contributed by atoms with Gasteiger partial charge in [-0.25, -0.2) is 4.98 Å². The van der Waals surface area contributed by atoms with Crippen LogP contribution in [0.1, 0.15) is 11.5 Å². The lowest BCUT2D eigenvalue weighted by Gasteiger charge is -2.09. The van der Waals surface area contributed by atoms with Gasteiger partial charge in [-0.1, -0.05) is 11.6 Å². The molecule has 4 aromatic rings. The van der Waals surface area contributed by atoms with Gasteiger partial charge in [0.1, 0.15) is 23.1 Å². The third kappa shape index (κ3) is 4.04. The second-order valence-corrected chi connectivity index (χ2v) is 6.48. The Labute approximate surface area is 165 Å². The lowest BCUT2D eigenvalue weighted by molar-refractivity contribution is 0.413. The van der Waals surface area contributed by atoms with Crippen molar-refractivity contribution in [1.29, 1.82) is 0 Å². The first-order valence-corrected chi connectivity index (χ1v) is 8.96. The number of imidazole rings is 1. The fourth-order valence-electron chi connectivity index (χ4n) is 2.76. The molecule has 0 unspecified atom stereocenters. The molecule has 28 heavy (non-hydrogen) atoms. The number of halogens is 2. The number of pyridine rings is 2. The van der Waals surface area contributed by atoms with Crippen LogP contribution >= 0.6 is 11.6 Å². The summed E-state index contributed by atoms with van der Waals surface area (Å²) < 4.78 is 24.2. The summed E-state index contributed by atoms with van der Waals surface area (Å²) >= 11 is 6.22. The summed E-state index contributed by atoms with van der Waals surface area (Å²) in [5.41, 5.74) is 1.91. The van der Waals surface area contributed by atoms with E-state index in [1.54, 1.807) is 43.6 Å². The van der Waals surface area contributed by atoms with E-state index < -0.39 is 5.95 Å². The van der Waals surface area contributed by atoms with Crippen molar-refractivity contribution < 1.29 is 13.9 Å². The zero-order valence-corrected chi connectivity index (χ0v) is 15.7. The van der Waals surface area contributed by atoms with Gasteiger partial charge in [-0.05, 0) is 36.8 Å². The van der Waals surface area contributed by atoms with Crippen molar-refractivity contribution in [3.8, 4) is 17.2 Å². The Morgan fingerprint density at radius 1 is 1.04 bits per heavy atom. The largest absolute Gasteiger partial charge is 0.497 e. The second-order valence-electron chi connectivity index (χ2n) is 6.07. The maximum Gasteiger partial charge on any atom is 0.215 e. The highest BCUT2D eigenvalue weighted by Gasteiger charge is 2.08. The molecule has 3 heterocycles. The average Bonchev–Trinajstić information content (AvgIpc) is 3.10. The van der Waals surface area contributed by atoms with Gasteiger partial charge in [-0.2, -0.15) is 9.37 Å². The number of fused-ring (bicyclic) bond motifs is 1. The minimum absolute atomic E-state index is 0.370. The standard InChI is InChI=1S/C20H16ClFN4O2/c1-27-13-3-5-17(15(21)11-13)28-14-8-9-23-12(10-14)2-7-19-24-16-4-6-18(22)25-20(16)26-19/h3-6,8-11H,2,7H2,1H3,(H,24,25,26). The molecule has 0 spiro atoms. The Morgan fingerprint density at radius 3 is 2.75 bits per heavy atom. The molecular weight excluding hydrogens is 383 g/mol. The summed E-state index contributed by atoms with van der Waals surface area (Å²) in [7, 11) is 1.58. The second kappa shape index (κ2) is 7.82. The molecule has 0 aliphatic carbocycles. The number of aromatic nitrogens is 4. The normalized spacial score (nSPS) is 11.0. The molecule has 0 bridgehead atoms. The Hall–Kier alpha value is -3.19. The van der Waals surface area contributed by atoms with Crippen molar-refractivity contribution in [3.05, 3.63) is 71.2 Å². The number of hydrogen-bond donors (Lipinski definition) is 1. The highest BCUT2D eigenvalue weighted by Crippen LogP contribution is 2.32. The molecule has 0 amide bonds. The first-order chi connectivity index (χ1) is 13.6. The van der Waals surface area contributed by atoms with Crippen LogP contribution in [0.5, 0.6) is 17.2 Å². The van der Waals surface area contributed by atoms with Gasteiger partial charge < -0.3 is 14.5 Å². The predicted octanol–water partition coefficient (Wildman–Crippen LogP) is 4.73. The van der Waals surface area contributed by atoms with Gasteiger partial charge in [0.15, 0.2) is 5.65 Å². The van der Waals surface area contributed by atoms with Gasteiger partial charge in [-0.15, -0.1) is 0 Å². The van der Waals surface area contributed by atoms with Gasteiger partial charge >= 0.3 is 0 Å². The molecule has 0 saturated carbocycles. The van der Waals surface area contributed by atoms with Crippen LogP contribution < -0.4 is 9.47 Å². The zero-order valence-electron chi connectivity index (χ0n) is 14.9. The third-order valence-corrected chi connectivity index (χ3v) is 4.43. The van der Waals surface area contributed by atoms with Gasteiger partial charge in [-0.3, -0.25) is 4.98 Å². The van der Waals surface area contributed by atoms with E-state index >= 15 is 0 Å². The van der Waals surface area contributed by atoms with Crippen molar-refractivity contribution in [2.24, 2.45) is 0 Å². The molecule has 0 radical (unpaired) electrons. The zero-order chi connectivity index (χ0) is 19.5. The summed E-state index contributed by atoms with van der Waals surface area (Å²) in [5, 5.41) is 0.458. The number of benzene rings is 1. The Bertz CT molecular complexity index is 1130. The number of rotatable bonds is 6. The number of methoxy groups -OCH3 is 1. The fourth-order valence-corrected chi connectivity index (χ4v) is 2.97. The van der Waals surface area contributed by atoms with E-state index in [1.165, 1.54) is 6.07 Å². The minimum Gasteiger partial charge on any atom is -0.497 e. The highest BCUT2D eigenvalue weighted by atomic mass is 35.5. The SMILES string of the molecule is COc1ccc(Oc2ccnc(CCc3nc4nc(F)ccc4[nH]3)c2)c(Cl)c1. The molecule has 6 nitrogen and oxygen atoms in total. The van der Waals surface area contributed by atoms with Gasteiger partial charge in [0, 0.05) is 30.4 Å². The number of hydrogen-bond acceptors (Lipinski definition) is 5. The van der Waals surface area contributed by atoms with E-state index in [-0.39, 0.29) is 0 Å². The van der Waals surface area contributed by atoms with Crippen molar-refractivity contribution in [2.45, 2.75) is 12.8 Å². The molecule has 0 saturated heterocycles. The van der Waals surface area contributed by atoms with Crippen LogP contribution in [-0.4, -0.2) is 27.0 Å². The van der Waals surface area contributed by atoms with Crippen LogP contribution in [0.4, 0.5) is 4.39 Å². The molecule has 0 atom stereocenters. The number of aryl methyl sites for hydroxylation is 2. The summed E-state index contributed by atoms with van der Waals surface area (Å²) in [6.45, 7) is 0. The molecule has 0 fully saturated rings. The van der Waals surface area contributed by atoms with Crippen LogP contribution in [0.25, 0.3) is 11.2 Å². The number of nitrogens with zero attached hydrogens (tertiary/aromatic N) is 3. The minimum atomic E-state index is -0.547. The number of ether oxygens (including phenoxy) is 2. The molecule has 0 aliphatic heterocycles. The van der Waals surface area contributed by atoms with Crippen molar-refractivity contribution >= 4 is 22.8 Å². The predicted molar refractivity (Wildman–Crippen MR) is 104 cm³/mol. The Morgan fingerprint density at radius 2 is 1.93 bits per heavy atom. The van der Waals surface area contributed by atoms with E-state index in [0.717, 1.165) is 11.5 Å². The van der Waals surface area contributed by atoms with Gasteiger partial charge in [0.05, 0.1) is 17.6 Å². The monoisotopic (exact) mass is 398 g/mol. The van der Waals surface area contributed by atoms with Crippen LogP contribution in [0.15, 0.2) is 48.7 Å². The first-order valence-electron chi connectivity index (χ1n) is 8.58. The van der Waals surface area contributed by atoms with E-state index in [2.05, 4.69) is 19.9 Å². The quantitative estimate of drug-likeness (QED) is 0.475. The lowest BCUT2D eigenvalue weighted by atomic mass is 10.2. The van der Waals surface area contributed by atoms with Crippen LogP contribution in [-0.2, 0) is 12.8 Å². The molecule has 142 valence electrons. The van der Waals surface area contributed by atoms with E-state index in [0.29, 0.717) is 46.3 Å². The molecule has 0 aliphatic rings. The first kappa shape index (κ1) is 18.2. The third-order valence-electron chi connectivity index (χ3n) is 4.13. The van der Waals surface area contributed by atoms with Crippen molar-refractivity contribution in [1.82, 2.24) is 19.9 Å².